The lowest BCUT2D eigenvalue weighted by Gasteiger charge is -2.07. The number of aromatic nitrogens is 1. The molecule has 1 amide bonds. The van der Waals surface area contributed by atoms with Crippen molar-refractivity contribution in [3.05, 3.63) is 58.9 Å². The van der Waals surface area contributed by atoms with Crippen LogP contribution in [0.4, 0.5) is 16.5 Å². The Morgan fingerprint density at radius 2 is 1.83 bits per heavy atom. The van der Waals surface area contributed by atoms with Gasteiger partial charge in [0.25, 0.3) is 0 Å². The first kappa shape index (κ1) is 21.3. The Morgan fingerprint density at radius 1 is 1.03 bits per heavy atom. The normalized spacial score (nSPS) is 10.7. The number of rotatable bonds is 10. The fourth-order valence-corrected chi connectivity index (χ4v) is 3.86. The molecule has 0 radical (unpaired) electrons. The molecule has 6 heteroatoms. The first-order valence-electron chi connectivity index (χ1n) is 10.0. The van der Waals surface area contributed by atoms with E-state index in [1.807, 2.05) is 53.9 Å². The second kappa shape index (κ2) is 11.0. The van der Waals surface area contributed by atoms with Crippen molar-refractivity contribution in [3.8, 4) is 11.3 Å². The molecule has 3 aromatic rings. The van der Waals surface area contributed by atoms with Crippen molar-refractivity contribution >= 4 is 45.4 Å². The Labute approximate surface area is 181 Å². The summed E-state index contributed by atoms with van der Waals surface area (Å²) in [5.41, 5.74) is 3.60. The second-order valence-electron chi connectivity index (χ2n) is 6.96. The van der Waals surface area contributed by atoms with Crippen LogP contribution in [0, 0.1) is 0 Å². The highest BCUT2D eigenvalue weighted by Gasteiger charge is 2.08. The van der Waals surface area contributed by atoms with E-state index in [1.165, 1.54) is 30.6 Å². The maximum absolute atomic E-state index is 12.2. The molecule has 2 aromatic carbocycles. The third kappa shape index (κ3) is 6.87. The first-order chi connectivity index (χ1) is 14.1. The van der Waals surface area contributed by atoms with E-state index in [4.69, 9.17) is 11.6 Å². The minimum atomic E-state index is 0.0713. The summed E-state index contributed by atoms with van der Waals surface area (Å²) in [5, 5.41) is 9.81. The highest BCUT2D eigenvalue weighted by Crippen LogP contribution is 2.29. The molecule has 1 heterocycles. The maximum Gasteiger partial charge on any atom is 0.224 e. The molecule has 0 spiro atoms. The molecule has 0 aliphatic carbocycles. The highest BCUT2D eigenvalue weighted by molar-refractivity contribution is 7.14. The zero-order valence-corrected chi connectivity index (χ0v) is 18.2. The lowest BCUT2D eigenvalue weighted by atomic mass is 10.1. The molecule has 0 bridgehead atoms. The van der Waals surface area contributed by atoms with Crippen LogP contribution in [0.25, 0.3) is 11.3 Å². The number of nitrogens with zero attached hydrogens (tertiary/aromatic N) is 1. The summed E-state index contributed by atoms with van der Waals surface area (Å²) >= 11 is 7.47. The summed E-state index contributed by atoms with van der Waals surface area (Å²) in [4.78, 5) is 16.8. The predicted molar refractivity (Wildman–Crippen MR) is 124 cm³/mol. The Bertz CT molecular complexity index is 924. The molecule has 152 valence electrons. The molecule has 0 atom stereocenters. The number of carbonyl (C=O) groups is 1. The smallest absolute Gasteiger partial charge is 0.224 e. The molecule has 0 saturated carbocycles. The molecule has 0 aliphatic rings. The van der Waals surface area contributed by atoms with E-state index < -0.39 is 0 Å². The minimum Gasteiger partial charge on any atom is -0.332 e. The molecular weight excluding hydrogens is 402 g/mol. The van der Waals surface area contributed by atoms with Crippen molar-refractivity contribution in [1.29, 1.82) is 0 Å². The number of thiazole rings is 1. The third-order valence-corrected chi connectivity index (χ3v) is 5.56. The quantitative estimate of drug-likeness (QED) is 0.329. The van der Waals surface area contributed by atoms with Crippen LogP contribution in [0.15, 0.2) is 53.9 Å². The van der Waals surface area contributed by atoms with Crippen LogP contribution in [0.2, 0.25) is 5.02 Å². The second-order valence-corrected chi connectivity index (χ2v) is 8.26. The monoisotopic (exact) mass is 427 g/mol. The SMILES string of the molecule is CCCCCCCC(=O)Nc1cccc(-c2csc(Nc3ccc(Cl)cc3)n2)c1. The zero-order valence-electron chi connectivity index (χ0n) is 16.6. The van der Waals surface area contributed by atoms with Crippen LogP contribution in [0.5, 0.6) is 0 Å². The molecule has 29 heavy (non-hydrogen) atoms. The van der Waals surface area contributed by atoms with Gasteiger partial charge < -0.3 is 10.6 Å². The molecule has 4 nitrogen and oxygen atoms in total. The molecule has 0 unspecified atom stereocenters. The third-order valence-electron chi connectivity index (χ3n) is 4.55. The van der Waals surface area contributed by atoms with Gasteiger partial charge in [0.1, 0.15) is 0 Å². The largest absolute Gasteiger partial charge is 0.332 e. The van der Waals surface area contributed by atoms with E-state index in [0.29, 0.717) is 11.4 Å². The number of carbonyl (C=O) groups excluding carboxylic acids is 1. The number of hydrogen-bond donors (Lipinski definition) is 2. The summed E-state index contributed by atoms with van der Waals surface area (Å²) < 4.78 is 0. The van der Waals surface area contributed by atoms with E-state index in [-0.39, 0.29) is 5.91 Å². The van der Waals surface area contributed by atoms with Gasteiger partial charge in [0.05, 0.1) is 5.69 Å². The van der Waals surface area contributed by atoms with Gasteiger partial charge in [-0.3, -0.25) is 4.79 Å². The minimum absolute atomic E-state index is 0.0713. The van der Waals surface area contributed by atoms with Gasteiger partial charge in [0.15, 0.2) is 5.13 Å². The van der Waals surface area contributed by atoms with Gasteiger partial charge >= 0.3 is 0 Å². The van der Waals surface area contributed by atoms with Gasteiger partial charge in [-0.2, -0.15) is 0 Å². The number of nitrogens with one attached hydrogen (secondary N) is 2. The van der Waals surface area contributed by atoms with Crippen LogP contribution in [-0.2, 0) is 4.79 Å². The maximum atomic E-state index is 12.2. The zero-order chi connectivity index (χ0) is 20.5. The van der Waals surface area contributed by atoms with Crippen molar-refractivity contribution in [2.24, 2.45) is 0 Å². The molecule has 0 fully saturated rings. The summed E-state index contributed by atoms with van der Waals surface area (Å²) in [6.45, 7) is 2.19. The lowest BCUT2D eigenvalue weighted by Crippen LogP contribution is -2.11. The Morgan fingerprint density at radius 3 is 2.62 bits per heavy atom. The van der Waals surface area contributed by atoms with Gasteiger partial charge in [-0.15, -0.1) is 11.3 Å². The van der Waals surface area contributed by atoms with Crippen molar-refractivity contribution in [1.82, 2.24) is 4.98 Å². The van der Waals surface area contributed by atoms with Crippen molar-refractivity contribution < 1.29 is 4.79 Å². The number of unbranched alkanes of at least 4 members (excludes halogenated alkanes) is 4. The van der Waals surface area contributed by atoms with Crippen molar-refractivity contribution in [2.45, 2.75) is 45.4 Å². The van der Waals surface area contributed by atoms with Crippen LogP contribution in [0.3, 0.4) is 0 Å². The fraction of sp³-hybridized carbons (Fsp3) is 0.304. The van der Waals surface area contributed by atoms with Crippen molar-refractivity contribution in [2.75, 3.05) is 10.6 Å². The van der Waals surface area contributed by atoms with Gasteiger partial charge in [-0.25, -0.2) is 4.98 Å². The molecule has 1 aromatic heterocycles. The van der Waals surface area contributed by atoms with Gasteiger partial charge in [0, 0.05) is 33.8 Å². The molecule has 2 N–H and O–H groups in total. The lowest BCUT2D eigenvalue weighted by molar-refractivity contribution is -0.116. The van der Waals surface area contributed by atoms with Crippen molar-refractivity contribution in [3.63, 3.8) is 0 Å². The van der Waals surface area contributed by atoms with Crippen LogP contribution in [0.1, 0.15) is 45.4 Å². The Hall–Kier alpha value is -2.37. The molecular formula is C23H26ClN3OS. The fourth-order valence-electron chi connectivity index (χ4n) is 2.99. The van der Waals surface area contributed by atoms with E-state index in [1.54, 1.807) is 0 Å². The van der Waals surface area contributed by atoms with Gasteiger partial charge in [-0.05, 0) is 42.8 Å². The van der Waals surface area contributed by atoms with Gasteiger partial charge in [0.2, 0.25) is 5.91 Å². The highest BCUT2D eigenvalue weighted by atomic mass is 35.5. The topological polar surface area (TPSA) is 54.0 Å². The van der Waals surface area contributed by atoms with E-state index in [0.717, 1.165) is 40.6 Å². The van der Waals surface area contributed by atoms with E-state index in [2.05, 4.69) is 22.5 Å². The number of anilines is 3. The number of hydrogen-bond acceptors (Lipinski definition) is 4. The number of halogens is 1. The average Bonchev–Trinajstić information content (AvgIpc) is 3.18. The predicted octanol–water partition coefficient (Wildman–Crippen LogP) is 7.51. The summed E-state index contributed by atoms with van der Waals surface area (Å²) in [6.07, 6.45) is 6.29. The summed E-state index contributed by atoms with van der Waals surface area (Å²) in [5.74, 6) is 0.0713. The molecule has 3 rings (SSSR count). The average molecular weight is 428 g/mol. The Balaban J connectivity index is 1.57. The summed E-state index contributed by atoms with van der Waals surface area (Å²) in [7, 11) is 0. The molecule has 0 saturated heterocycles. The van der Waals surface area contributed by atoms with E-state index >= 15 is 0 Å². The summed E-state index contributed by atoms with van der Waals surface area (Å²) in [6, 6.07) is 15.3. The van der Waals surface area contributed by atoms with Crippen LogP contribution < -0.4 is 10.6 Å². The number of amides is 1. The molecule has 0 aliphatic heterocycles. The Kier molecular flexibility index (Phi) is 8.08. The number of benzene rings is 2. The van der Waals surface area contributed by atoms with Crippen LogP contribution in [-0.4, -0.2) is 10.9 Å². The van der Waals surface area contributed by atoms with Gasteiger partial charge in [-0.1, -0.05) is 56.3 Å². The van der Waals surface area contributed by atoms with Crippen LogP contribution >= 0.6 is 22.9 Å². The van der Waals surface area contributed by atoms with E-state index in [9.17, 15) is 4.79 Å². The standard InChI is InChI=1S/C23H26ClN3OS/c1-2-3-4-5-6-10-22(28)25-20-9-7-8-17(15-20)21-16-29-23(27-21)26-19-13-11-18(24)12-14-19/h7-9,11-16H,2-6,10H2,1H3,(H,25,28)(H,26,27). The first-order valence-corrected chi connectivity index (χ1v) is 11.3.